The number of ether oxygens (including phenoxy) is 2. The number of nitriles is 1. The van der Waals surface area contributed by atoms with Crippen molar-refractivity contribution >= 4 is 72.7 Å². The average molecular weight is 625 g/mol. The van der Waals surface area contributed by atoms with E-state index in [0.717, 1.165) is 10.0 Å². The number of hydrogen-bond acceptors (Lipinski definition) is 4. The summed E-state index contributed by atoms with van der Waals surface area (Å²) in [5.41, 5.74) is 1.90. The molecule has 5 nitrogen and oxygen atoms in total. The molecule has 0 aliphatic heterocycles. The zero-order chi connectivity index (χ0) is 24.7. The summed E-state index contributed by atoms with van der Waals surface area (Å²) in [7, 11) is 0. The number of nitrogens with zero attached hydrogens (tertiary/aromatic N) is 1. The molecule has 3 aromatic carbocycles. The van der Waals surface area contributed by atoms with Gasteiger partial charge in [-0.3, -0.25) is 4.79 Å². The maximum Gasteiger partial charge on any atom is 0.266 e. The lowest BCUT2D eigenvalue weighted by molar-refractivity contribution is -0.112. The minimum absolute atomic E-state index is 0.0993. The molecule has 3 rings (SSSR count). The third-order valence-electron chi connectivity index (χ3n) is 4.51. The summed E-state index contributed by atoms with van der Waals surface area (Å²) in [6, 6.07) is 17.9. The highest BCUT2D eigenvalue weighted by atomic mass is 79.9. The molecule has 0 radical (unpaired) electrons. The van der Waals surface area contributed by atoms with E-state index in [4.69, 9.17) is 32.7 Å². The molecule has 0 atom stereocenters. The number of nitrogens with one attached hydrogen (secondary N) is 1. The van der Waals surface area contributed by atoms with E-state index in [1.807, 2.05) is 37.3 Å². The molecular weight excluding hydrogens is 607 g/mol. The van der Waals surface area contributed by atoms with Crippen molar-refractivity contribution in [3.05, 3.63) is 90.3 Å². The molecule has 0 fully saturated rings. The van der Waals surface area contributed by atoms with E-state index in [2.05, 4.69) is 37.2 Å². The van der Waals surface area contributed by atoms with Crippen LogP contribution in [0, 0.1) is 11.3 Å². The van der Waals surface area contributed by atoms with Gasteiger partial charge in [-0.25, -0.2) is 0 Å². The first-order valence-electron chi connectivity index (χ1n) is 10.0. The number of carbonyl (C=O) groups is 1. The van der Waals surface area contributed by atoms with E-state index in [1.165, 1.54) is 12.1 Å². The lowest BCUT2D eigenvalue weighted by Crippen LogP contribution is -2.13. The van der Waals surface area contributed by atoms with Crippen molar-refractivity contribution < 1.29 is 14.3 Å². The Balaban J connectivity index is 1.84. The molecule has 174 valence electrons. The van der Waals surface area contributed by atoms with Crippen molar-refractivity contribution in [3.63, 3.8) is 0 Å². The minimum Gasteiger partial charge on any atom is -0.490 e. The molecule has 0 aliphatic rings. The molecule has 0 heterocycles. The van der Waals surface area contributed by atoms with Gasteiger partial charge in [0.1, 0.15) is 18.2 Å². The first-order valence-corrected chi connectivity index (χ1v) is 12.4. The number of anilines is 1. The van der Waals surface area contributed by atoms with Gasteiger partial charge in [-0.05, 0) is 66.6 Å². The molecule has 34 heavy (non-hydrogen) atoms. The van der Waals surface area contributed by atoms with Crippen LogP contribution in [0.5, 0.6) is 11.5 Å². The summed E-state index contributed by atoms with van der Waals surface area (Å²) in [5.74, 6) is 0.449. The Hall–Kier alpha value is -2.50. The van der Waals surface area contributed by atoms with Crippen molar-refractivity contribution in [1.29, 1.82) is 5.26 Å². The first-order chi connectivity index (χ1) is 16.3. The summed E-state index contributed by atoms with van der Waals surface area (Å²) in [6.45, 7) is 2.63. The van der Waals surface area contributed by atoms with Crippen LogP contribution < -0.4 is 14.8 Å². The summed E-state index contributed by atoms with van der Waals surface area (Å²) in [4.78, 5) is 12.7. The SMILES string of the molecule is CCOc1cc(/C=C(\C#N)C(=O)Nc2ccc(Cl)c(Cl)c2)c(Br)cc1OCc1ccc(Br)cc1. The number of rotatable bonds is 8. The van der Waals surface area contributed by atoms with Crippen molar-refractivity contribution in [2.24, 2.45) is 0 Å². The molecule has 9 heteroatoms. The molecular formula is C25H18Br2Cl2N2O3. The molecule has 3 aromatic rings. The number of hydrogen-bond donors (Lipinski definition) is 1. The zero-order valence-electron chi connectivity index (χ0n) is 17.9. The van der Waals surface area contributed by atoms with E-state index in [1.54, 1.807) is 24.3 Å². The van der Waals surface area contributed by atoms with Gasteiger partial charge in [0, 0.05) is 14.6 Å². The van der Waals surface area contributed by atoms with Crippen molar-refractivity contribution in [2.75, 3.05) is 11.9 Å². The Bertz CT molecular complexity index is 1270. The highest BCUT2D eigenvalue weighted by Gasteiger charge is 2.15. The van der Waals surface area contributed by atoms with Gasteiger partial charge in [0.25, 0.3) is 5.91 Å². The molecule has 0 unspecified atom stereocenters. The van der Waals surface area contributed by atoms with E-state index >= 15 is 0 Å². The average Bonchev–Trinajstić information content (AvgIpc) is 2.81. The molecule has 0 saturated heterocycles. The Morgan fingerprint density at radius 1 is 1.03 bits per heavy atom. The predicted octanol–water partition coefficient (Wildman–Crippen LogP) is 8.04. The molecule has 0 bridgehead atoms. The van der Waals surface area contributed by atoms with Crippen LogP contribution >= 0.6 is 55.1 Å². The normalized spacial score (nSPS) is 11.0. The van der Waals surface area contributed by atoms with E-state index in [0.29, 0.717) is 50.5 Å². The fraction of sp³-hybridized carbons (Fsp3) is 0.120. The predicted molar refractivity (Wildman–Crippen MR) is 142 cm³/mol. The fourth-order valence-corrected chi connectivity index (χ4v) is 3.86. The lowest BCUT2D eigenvalue weighted by Gasteiger charge is -2.14. The Morgan fingerprint density at radius 3 is 2.38 bits per heavy atom. The maximum atomic E-state index is 12.7. The second kappa shape index (κ2) is 12.3. The van der Waals surface area contributed by atoms with Gasteiger partial charge in [0.05, 0.1) is 16.7 Å². The Kier molecular flexibility index (Phi) is 9.43. The number of amides is 1. The van der Waals surface area contributed by atoms with Gasteiger partial charge in [0.15, 0.2) is 11.5 Å². The summed E-state index contributed by atoms with van der Waals surface area (Å²) in [5, 5.41) is 12.9. The molecule has 1 N–H and O–H groups in total. The monoisotopic (exact) mass is 622 g/mol. The van der Waals surface area contributed by atoms with Gasteiger partial charge >= 0.3 is 0 Å². The molecule has 1 amide bonds. The quantitative estimate of drug-likeness (QED) is 0.203. The van der Waals surface area contributed by atoms with Crippen molar-refractivity contribution in [2.45, 2.75) is 13.5 Å². The molecule has 0 saturated carbocycles. The Labute approximate surface area is 224 Å². The maximum absolute atomic E-state index is 12.7. The second-order valence-electron chi connectivity index (χ2n) is 6.92. The van der Waals surface area contributed by atoms with E-state index in [-0.39, 0.29) is 5.57 Å². The third-order valence-corrected chi connectivity index (χ3v) is 6.47. The molecule has 0 spiro atoms. The summed E-state index contributed by atoms with van der Waals surface area (Å²) in [6.07, 6.45) is 1.47. The highest BCUT2D eigenvalue weighted by Crippen LogP contribution is 2.35. The van der Waals surface area contributed by atoms with Crippen LogP contribution in [0.4, 0.5) is 5.69 Å². The van der Waals surface area contributed by atoms with Gasteiger partial charge in [-0.2, -0.15) is 5.26 Å². The smallest absolute Gasteiger partial charge is 0.266 e. The highest BCUT2D eigenvalue weighted by molar-refractivity contribution is 9.10. The third kappa shape index (κ3) is 7.00. The van der Waals surface area contributed by atoms with E-state index < -0.39 is 5.91 Å². The fourth-order valence-electron chi connectivity index (χ4n) is 2.86. The van der Waals surface area contributed by atoms with Crippen LogP contribution in [-0.2, 0) is 11.4 Å². The largest absolute Gasteiger partial charge is 0.490 e. The van der Waals surface area contributed by atoms with E-state index in [9.17, 15) is 10.1 Å². The van der Waals surface area contributed by atoms with Crippen molar-refractivity contribution in [1.82, 2.24) is 0 Å². The zero-order valence-corrected chi connectivity index (χ0v) is 22.6. The van der Waals surface area contributed by atoms with Crippen LogP contribution in [0.3, 0.4) is 0 Å². The number of carbonyl (C=O) groups excluding carboxylic acids is 1. The second-order valence-corrected chi connectivity index (χ2v) is 9.51. The number of benzene rings is 3. The standard InChI is InChI=1S/C25H18Br2Cl2N2O3/c1-2-33-23-10-16(20(27)12-24(23)34-14-15-3-5-18(26)6-4-15)9-17(13-30)25(32)31-19-7-8-21(28)22(29)11-19/h3-12H,2,14H2,1H3,(H,31,32)/b17-9+. The van der Waals surface area contributed by atoms with Crippen LogP contribution in [0.2, 0.25) is 10.0 Å². The minimum atomic E-state index is -0.582. The number of halogens is 4. The molecule has 0 aromatic heterocycles. The van der Waals surface area contributed by atoms with Crippen LogP contribution in [0.1, 0.15) is 18.1 Å². The Morgan fingerprint density at radius 2 is 1.74 bits per heavy atom. The topological polar surface area (TPSA) is 71.3 Å². The summed E-state index contributed by atoms with van der Waals surface area (Å²) >= 11 is 18.8. The summed E-state index contributed by atoms with van der Waals surface area (Å²) < 4.78 is 13.3. The lowest BCUT2D eigenvalue weighted by atomic mass is 10.1. The van der Waals surface area contributed by atoms with Crippen molar-refractivity contribution in [3.8, 4) is 17.6 Å². The molecule has 0 aliphatic carbocycles. The first kappa shape index (κ1) is 26.1. The van der Waals surface area contributed by atoms with Gasteiger partial charge < -0.3 is 14.8 Å². The van der Waals surface area contributed by atoms with Crippen LogP contribution in [-0.4, -0.2) is 12.5 Å². The van der Waals surface area contributed by atoms with Gasteiger partial charge in [-0.15, -0.1) is 0 Å². The van der Waals surface area contributed by atoms with Gasteiger partial charge in [0.2, 0.25) is 0 Å². The van der Waals surface area contributed by atoms with Gasteiger partial charge in [-0.1, -0.05) is 67.2 Å². The van der Waals surface area contributed by atoms with Crippen LogP contribution in [0.25, 0.3) is 6.08 Å². The van der Waals surface area contributed by atoms with Crippen LogP contribution in [0.15, 0.2) is 69.1 Å².